The van der Waals surface area contributed by atoms with E-state index in [-0.39, 0.29) is 17.4 Å². The maximum absolute atomic E-state index is 12.6. The number of nitrogens with one attached hydrogen (secondary N) is 1. The molecule has 116 valence electrons. The highest BCUT2D eigenvalue weighted by Gasteiger charge is 2.37. The highest BCUT2D eigenvalue weighted by Crippen LogP contribution is 2.42. The summed E-state index contributed by atoms with van der Waals surface area (Å²) in [5, 5.41) is 3.27. The van der Waals surface area contributed by atoms with Gasteiger partial charge in [0.1, 0.15) is 0 Å². The Morgan fingerprint density at radius 1 is 1.10 bits per heavy atom. The van der Waals surface area contributed by atoms with Crippen molar-refractivity contribution in [1.82, 2.24) is 5.32 Å². The van der Waals surface area contributed by atoms with Crippen molar-refractivity contribution in [3.63, 3.8) is 0 Å². The summed E-state index contributed by atoms with van der Waals surface area (Å²) >= 11 is 6.10. The average Bonchev–Trinajstić information content (AvgIpc) is 2.52. The summed E-state index contributed by atoms with van der Waals surface area (Å²) < 4.78 is 0. The van der Waals surface area contributed by atoms with Gasteiger partial charge in [-0.3, -0.25) is 4.79 Å². The summed E-state index contributed by atoms with van der Waals surface area (Å²) in [6, 6.07) is 0. The van der Waals surface area contributed by atoms with E-state index in [1.165, 1.54) is 32.1 Å². The number of fused-ring (bicyclic) bond motifs is 1. The van der Waals surface area contributed by atoms with Gasteiger partial charge in [-0.25, -0.2) is 0 Å². The van der Waals surface area contributed by atoms with E-state index in [1.807, 2.05) is 0 Å². The first-order chi connectivity index (χ1) is 9.64. The molecule has 2 rings (SSSR count). The molecule has 3 atom stereocenters. The van der Waals surface area contributed by atoms with Crippen LogP contribution in [0.25, 0.3) is 0 Å². The lowest BCUT2D eigenvalue weighted by molar-refractivity contribution is -0.129. The average molecular weight is 300 g/mol. The number of alkyl halides is 1. The summed E-state index contributed by atoms with van der Waals surface area (Å²) in [5.41, 5.74) is -0.192. The Hall–Kier alpha value is -0.240. The van der Waals surface area contributed by atoms with E-state index in [1.54, 1.807) is 0 Å². The summed E-state index contributed by atoms with van der Waals surface area (Å²) in [6.45, 7) is 4.23. The minimum absolute atomic E-state index is 0.192. The summed E-state index contributed by atoms with van der Waals surface area (Å²) in [7, 11) is 0. The molecule has 0 spiro atoms. The number of hydrogen-bond acceptors (Lipinski definition) is 1. The molecule has 1 amide bonds. The Kier molecular flexibility index (Phi) is 5.77. The molecule has 20 heavy (non-hydrogen) atoms. The molecule has 2 aliphatic carbocycles. The Labute approximate surface area is 129 Å². The molecule has 3 heteroatoms. The quantitative estimate of drug-likeness (QED) is 0.744. The number of amides is 1. The monoisotopic (exact) mass is 299 g/mol. The molecule has 2 fully saturated rings. The minimum Gasteiger partial charge on any atom is -0.349 e. The fourth-order valence-electron chi connectivity index (χ4n) is 4.12. The lowest BCUT2D eigenvalue weighted by atomic mass is 9.67. The molecule has 0 aromatic rings. The third kappa shape index (κ3) is 3.50. The number of carbonyl (C=O) groups excluding carboxylic acids is 1. The molecule has 2 saturated carbocycles. The largest absolute Gasteiger partial charge is 0.349 e. The molecule has 0 aromatic carbocycles. The predicted molar refractivity (Wildman–Crippen MR) is 85.0 cm³/mol. The first-order valence-corrected chi connectivity index (χ1v) is 9.05. The number of hydrogen-bond donors (Lipinski definition) is 1. The van der Waals surface area contributed by atoms with Crippen LogP contribution in [-0.2, 0) is 4.79 Å². The van der Waals surface area contributed by atoms with Crippen LogP contribution in [0.3, 0.4) is 0 Å². The SMILES string of the molecule is CCC(CC)(CCl)NC(=O)C1CCC2CCCCC2C1. The number of halogens is 1. The van der Waals surface area contributed by atoms with Crippen LogP contribution in [-0.4, -0.2) is 17.3 Å². The van der Waals surface area contributed by atoms with Crippen LogP contribution in [0.5, 0.6) is 0 Å². The molecule has 2 nitrogen and oxygen atoms in total. The van der Waals surface area contributed by atoms with Crippen LogP contribution in [0.15, 0.2) is 0 Å². The van der Waals surface area contributed by atoms with Crippen molar-refractivity contribution in [1.29, 1.82) is 0 Å². The molecular formula is C17H30ClNO. The van der Waals surface area contributed by atoms with Gasteiger partial charge in [-0.05, 0) is 43.9 Å². The highest BCUT2D eigenvalue weighted by molar-refractivity contribution is 6.18. The first kappa shape index (κ1) is 16.1. The molecule has 0 saturated heterocycles. The zero-order valence-corrected chi connectivity index (χ0v) is 13.8. The van der Waals surface area contributed by atoms with Crippen molar-refractivity contribution in [2.24, 2.45) is 17.8 Å². The van der Waals surface area contributed by atoms with Gasteiger partial charge in [0.2, 0.25) is 5.91 Å². The Bertz CT molecular complexity index is 319. The van der Waals surface area contributed by atoms with Crippen molar-refractivity contribution in [3.05, 3.63) is 0 Å². The molecular weight excluding hydrogens is 270 g/mol. The van der Waals surface area contributed by atoms with E-state index in [0.29, 0.717) is 5.88 Å². The smallest absolute Gasteiger partial charge is 0.223 e. The first-order valence-electron chi connectivity index (χ1n) is 8.52. The Morgan fingerprint density at radius 3 is 2.35 bits per heavy atom. The molecule has 0 aliphatic heterocycles. The van der Waals surface area contributed by atoms with E-state index >= 15 is 0 Å². The van der Waals surface area contributed by atoms with Gasteiger partial charge >= 0.3 is 0 Å². The maximum Gasteiger partial charge on any atom is 0.223 e. The third-order valence-corrected chi connectivity index (χ3v) is 6.42. The van der Waals surface area contributed by atoms with Gasteiger partial charge in [0.25, 0.3) is 0 Å². The second-order valence-electron chi connectivity index (χ2n) is 6.92. The van der Waals surface area contributed by atoms with Crippen molar-refractivity contribution in [3.8, 4) is 0 Å². The Morgan fingerprint density at radius 2 is 1.75 bits per heavy atom. The van der Waals surface area contributed by atoms with Gasteiger partial charge in [-0.15, -0.1) is 11.6 Å². The van der Waals surface area contributed by atoms with Crippen LogP contribution >= 0.6 is 11.6 Å². The van der Waals surface area contributed by atoms with E-state index in [9.17, 15) is 4.79 Å². The van der Waals surface area contributed by atoms with Crippen molar-refractivity contribution < 1.29 is 4.79 Å². The van der Waals surface area contributed by atoms with Gasteiger partial charge in [0, 0.05) is 11.8 Å². The van der Waals surface area contributed by atoms with E-state index < -0.39 is 0 Å². The lowest BCUT2D eigenvalue weighted by Crippen LogP contribution is -2.52. The summed E-state index contributed by atoms with van der Waals surface area (Å²) in [5.74, 6) is 2.73. The van der Waals surface area contributed by atoms with Crippen molar-refractivity contribution in [2.45, 2.75) is 77.2 Å². The number of rotatable bonds is 5. The fourth-order valence-corrected chi connectivity index (χ4v) is 4.57. The predicted octanol–water partition coefficient (Wildman–Crippen LogP) is 4.51. The number of carbonyl (C=O) groups is 1. The standard InChI is InChI=1S/C17H30ClNO/c1-3-17(4-2,12-18)19-16(20)15-10-9-13-7-5-6-8-14(13)11-15/h13-15H,3-12H2,1-2H3,(H,19,20). The third-order valence-electron chi connectivity index (χ3n) is 5.91. The van der Waals surface area contributed by atoms with E-state index in [2.05, 4.69) is 19.2 Å². The van der Waals surface area contributed by atoms with Crippen LogP contribution in [0, 0.1) is 17.8 Å². The second kappa shape index (κ2) is 7.15. The van der Waals surface area contributed by atoms with E-state index in [0.717, 1.165) is 37.5 Å². The molecule has 0 bridgehead atoms. The maximum atomic E-state index is 12.6. The van der Waals surface area contributed by atoms with Crippen molar-refractivity contribution in [2.75, 3.05) is 5.88 Å². The van der Waals surface area contributed by atoms with Gasteiger partial charge in [-0.1, -0.05) is 39.5 Å². The van der Waals surface area contributed by atoms with Gasteiger partial charge in [0.15, 0.2) is 0 Å². The molecule has 0 radical (unpaired) electrons. The van der Waals surface area contributed by atoms with Gasteiger partial charge < -0.3 is 5.32 Å². The van der Waals surface area contributed by atoms with Gasteiger partial charge in [0.05, 0.1) is 5.54 Å². The van der Waals surface area contributed by atoms with Crippen molar-refractivity contribution >= 4 is 17.5 Å². The minimum atomic E-state index is -0.192. The summed E-state index contributed by atoms with van der Waals surface area (Å²) in [6.07, 6.45) is 10.8. The van der Waals surface area contributed by atoms with Crippen LogP contribution in [0.2, 0.25) is 0 Å². The zero-order valence-electron chi connectivity index (χ0n) is 13.1. The van der Waals surface area contributed by atoms with Crippen LogP contribution in [0.1, 0.15) is 71.6 Å². The lowest BCUT2D eigenvalue weighted by Gasteiger charge is -2.40. The fraction of sp³-hybridized carbons (Fsp3) is 0.941. The molecule has 2 aliphatic rings. The molecule has 0 heterocycles. The van der Waals surface area contributed by atoms with E-state index in [4.69, 9.17) is 11.6 Å². The normalized spacial score (nSPS) is 30.6. The molecule has 3 unspecified atom stereocenters. The highest BCUT2D eigenvalue weighted by atomic mass is 35.5. The van der Waals surface area contributed by atoms with Crippen LogP contribution < -0.4 is 5.32 Å². The molecule has 0 aromatic heterocycles. The second-order valence-corrected chi connectivity index (χ2v) is 7.19. The zero-order chi connectivity index (χ0) is 14.6. The topological polar surface area (TPSA) is 29.1 Å². The van der Waals surface area contributed by atoms with Crippen LogP contribution in [0.4, 0.5) is 0 Å². The molecule has 1 N–H and O–H groups in total. The summed E-state index contributed by atoms with van der Waals surface area (Å²) in [4.78, 5) is 12.6. The Balaban J connectivity index is 1.92. The van der Waals surface area contributed by atoms with Gasteiger partial charge in [-0.2, -0.15) is 0 Å².